The quantitative estimate of drug-likeness (QED) is 0.0320. The molecule has 0 aromatic carbocycles. The second-order valence-corrected chi connectivity index (χ2v) is 29.5. The number of carbonyl (C=O) groups is 2. The summed E-state index contributed by atoms with van der Waals surface area (Å²) in [4.78, 5) is 24.7. The summed E-state index contributed by atoms with van der Waals surface area (Å²) in [6.45, 7) is 4.96. The molecule has 2 unspecified atom stereocenters. The number of esters is 1. The number of amides is 1. The second-order valence-electron chi connectivity index (χ2n) is 29.5. The van der Waals surface area contributed by atoms with Crippen LogP contribution in [0.5, 0.6) is 0 Å². The van der Waals surface area contributed by atoms with Crippen LogP contribution in [0.15, 0.2) is 36.5 Å². The van der Waals surface area contributed by atoms with Gasteiger partial charge >= 0.3 is 5.97 Å². The Kier molecular flexibility index (Phi) is 80.8. The molecule has 6 heteroatoms. The first-order valence-corrected chi connectivity index (χ1v) is 42.8. The number of ether oxygens (including phenoxy) is 1. The predicted molar refractivity (Wildman–Crippen MR) is 412 cm³/mol. The summed E-state index contributed by atoms with van der Waals surface area (Å²) in [7, 11) is 0. The van der Waals surface area contributed by atoms with Crippen LogP contribution in [0.25, 0.3) is 0 Å². The third-order valence-electron chi connectivity index (χ3n) is 20.1. The van der Waals surface area contributed by atoms with E-state index in [1.165, 1.54) is 417 Å². The number of hydrogen-bond donors (Lipinski definition) is 3. The van der Waals surface area contributed by atoms with Crippen molar-refractivity contribution < 1.29 is 24.5 Å². The van der Waals surface area contributed by atoms with Crippen molar-refractivity contribution >= 4 is 11.9 Å². The SMILES string of the molecule is CCCCCCCCC/C=C\CCCCCCCCCC(=O)OCCCCCCCCCCCCCCCCCCCC/C=C\CCCCCCCCCCCCCCCCCCCC(=O)NC(CO)C(O)/C=C/CCCCCCCCCCCCCCCCCCC. The molecule has 6 nitrogen and oxygen atoms in total. The summed E-state index contributed by atoms with van der Waals surface area (Å²) < 4.78 is 5.52. The van der Waals surface area contributed by atoms with Crippen LogP contribution in [0.4, 0.5) is 0 Å². The van der Waals surface area contributed by atoms with Gasteiger partial charge in [0.1, 0.15) is 0 Å². The van der Waals surface area contributed by atoms with E-state index in [-0.39, 0.29) is 18.5 Å². The first kappa shape index (κ1) is 91.1. The maximum absolute atomic E-state index is 12.5. The molecular weight excluding hydrogens is 1140 g/mol. The molecule has 2 atom stereocenters. The van der Waals surface area contributed by atoms with E-state index in [4.69, 9.17) is 4.74 Å². The smallest absolute Gasteiger partial charge is 0.305 e. The van der Waals surface area contributed by atoms with Gasteiger partial charge in [-0.1, -0.05) is 423 Å². The van der Waals surface area contributed by atoms with Crippen molar-refractivity contribution in [2.75, 3.05) is 13.2 Å². The normalized spacial score (nSPS) is 12.6. The molecule has 0 aliphatic carbocycles. The average molecular weight is 1310 g/mol. The first-order chi connectivity index (χ1) is 46.0. The summed E-state index contributed by atoms with van der Waals surface area (Å²) in [5.74, 6) is -0.0389. The highest BCUT2D eigenvalue weighted by atomic mass is 16.5. The van der Waals surface area contributed by atoms with Gasteiger partial charge in [-0.05, 0) is 83.5 Å². The molecule has 0 saturated heterocycles. The fourth-order valence-corrected chi connectivity index (χ4v) is 13.6. The van der Waals surface area contributed by atoms with Crippen LogP contribution in [0.2, 0.25) is 0 Å². The molecule has 0 aliphatic rings. The molecule has 93 heavy (non-hydrogen) atoms. The second kappa shape index (κ2) is 82.5. The number of hydrogen-bond acceptors (Lipinski definition) is 5. The Balaban J connectivity index is 3.33. The molecule has 3 N–H and O–H groups in total. The van der Waals surface area contributed by atoms with Crippen molar-refractivity contribution in [1.29, 1.82) is 0 Å². The summed E-state index contributed by atoms with van der Waals surface area (Å²) in [5, 5.41) is 23.3. The van der Waals surface area contributed by atoms with Crippen LogP contribution in [0.1, 0.15) is 483 Å². The summed E-state index contributed by atoms with van der Waals surface area (Å²) in [6.07, 6.45) is 109. The van der Waals surface area contributed by atoms with Gasteiger partial charge in [0, 0.05) is 12.8 Å². The Bertz CT molecular complexity index is 1510. The molecule has 0 spiro atoms. The van der Waals surface area contributed by atoms with E-state index in [1.54, 1.807) is 6.08 Å². The molecule has 0 aromatic heterocycles. The van der Waals surface area contributed by atoms with Crippen LogP contribution < -0.4 is 5.32 Å². The zero-order chi connectivity index (χ0) is 67.0. The zero-order valence-corrected chi connectivity index (χ0v) is 63.3. The summed E-state index contributed by atoms with van der Waals surface area (Å²) in [5.41, 5.74) is 0. The van der Waals surface area contributed by atoms with Crippen molar-refractivity contribution in [2.24, 2.45) is 0 Å². The molecule has 550 valence electrons. The third kappa shape index (κ3) is 79.0. The topological polar surface area (TPSA) is 95.9 Å². The van der Waals surface area contributed by atoms with Crippen molar-refractivity contribution in [1.82, 2.24) is 5.32 Å². The molecule has 1 amide bonds. The van der Waals surface area contributed by atoms with E-state index in [1.807, 2.05) is 6.08 Å². The Morgan fingerprint density at radius 2 is 0.505 bits per heavy atom. The summed E-state index contributed by atoms with van der Waals surface area (Å²) in [6, 6.07) is -0.625. The number of aliphatic hydroxyl groups is 2. The highest BCUT2D eigenvalue weighted by Gasteiger charge is 2.18. The molecule has 0 bridgehead atoms. The molecule has 0 fully saturated rings. The first-order valence-electron chi connectivity index (χ1n) is 42.8. The lowest BCUT2D eigenvalue weighted by atomic mass is 10.0. The lowest BCUT2D eigenvalue weighted by Gasteiger charge is -2.20. The maximum Gasteiger partial charge on any atom is 0.305 e. The molecule has 0 rings (SSSR count). The third-order valence-corrected chi connectivity index (χ3v) is 20.1. The number of aliphatic hydroxyl groups excluding tert-OH is 2. The van der Waals surface area contributed by atoms with Crippen molar-refractivity contribution in [2.45, 2.75) is 495 Å². The number of allylic oxidation sites excluding steroid dienone is 5. The predicted octanol–water partition coefficient (Wildman–Crippen LogP) is 28.6. The van der Waals surface area contributed by atoms with Crippen LogP contribution in [0.3, 0.4) is 0 Å². The average Bonchev–Trinajstić information content (AvgIpc) is 3.74. The Morgan fingerprint density at radius 3 is 0.763 bits per heavy atom. The lowest BCUT2D eigenvalue weighted by Crippen LogP contribution is -2.45. The van der Waals surface area contributed by atoms with E-state index < -0.39 is 12.1 Å². The van der Waals surface area contributed by atoms with Gasteiger partial charge in [0.2, 0.25) is 5.91 Å². The van der Waals surface area contributed by atoms with E-state index in [9.17, 15) is 19.8 Å². The van der Waals surface area contributed by atoms with Crippen LogP contribution in [-0.2, 0) is 14.3 Å². The van der Waals surface area contributed by atoms with Gasteiger partial charge in [-0.3, -0.25) is 9.59 Å². The van der Waals surface area contributed by atoms with Crippen molar-refractivity contribution in [3.05, 3.63) is 36.5 Å². The minimum absolute atomic E-state index is 0.0203. The highest BCUT2D eigenvalue weighted by molar-refractivity contribution is 5.76. The Hall–Kier alpha value is -1.92. The zero-order valence-electron chi connectivity index (χ0n) is 63.3. The fourth-order valence-electron chi connectivity index (χ4n) is 13.6. The van der Waals surface area contributed by atoms with Gasteiger partial charge in [0.05, 0.1) is 25.4 Å². The van der Waals surface area contributed by atoms with E-state index in [2.05, 4.69) is 43.5 Å². The Labute approximate surface area is 583 Å². The van der Waals surface area contributed by atoms with Gasteiger partial charge in [0.15, 0.2) is 0 Å². The van der Waals surface area contributed by atoms with Gasteiger partial charge < -0.3 is 20.3 Å². The number of carbonyl (C=O) groups excluding carboxylic acids is 2. The molecular formula is C87H167NO5. The number of nitrogens with one attached hydrogen (secondary N) is 1. The van der Waals surface area contributed by atoms with Crippen molar-refractivity contribution in [3.63, 3.8) is 0 Å². The molecule has 0 aliphatic heterocycles. The van der Waals surface area contributed by atoms with Gasteiger partial charge in [-0.15, -0.1) is 0 Å². The molecule has 0 radical (unpaired) electrons. The Morgan fingerprint density at radius 1 is 0.290 bits per heavy atom. The van der Waals surface area contributed by atoms with Crippen molar-refractivity contribution in [3.8, 4) is 0 Å². The number of rotatable bonds is 81. The largest absolute Gasteiger partial charge is 0.466 e. The van der Waals surface area contributed by atoms with E-state index in [0.29, 0.717) is 19.4 Å². The maximum atomic E-state index is 12.5. The fraction of sp³-hybridized carbons (Fsp3) is 0.908. The minimum Gasteiger partial charge on any atom is -0.466 e. The van der Waals surface area contributed by atoms with E-state index >= 15 is 0 Å². The van der Waals surface area contributed by atoms with Crippen LogP contribution in [0, 0.1) is 0 Å². The van der Waals surface area contributed by atoms with Gasteiger partial charge in [-0.25, -0.2) is 0 Å². The van der Waals surface area contributed by atoms with Crippen LogP contribution in [-0.4, -0.2) is 47.4 Å². The molecule has 0 saturated carbocycles. The number of unbranched alkanes of at least 4 members (excludes halogenated alkanes) is 66. The van der Waals surface area contributed by atoms with Gasteiger partial charge in [0.25, 0.3) is 0 Å². The highest BCUT2D eigenvalue weighted by Crippen LogP contribution is 2.20. The van der Waals surface area contributed by atoms with Gasteiger partial charge in [-0.2, -0.15) is 0 Å². The lowest BCUT2D eigenvalue weighted by molar-refractivity contribution is -0.143. The molecule has 0 aromatic rings. The van der Waals surface area contributed by atoms with E-state index in [0.717, 1.165) is 38.5 Å². The standard InChI is InChI=1S/C87H167NO5/c1-3-5-7-9-11-13-15-17-19-21-44-47-51-55-59-63-67-71-75-79-85(90)84(83-89)88-86(91)80-76-72-68-64-60-56-52-48-45-42-40-38-36-34-32-30-28-26-24-23-25-27-29-31-33-35-37-39-41-43-46-50-54-58-62-66-70-74-78-82-93-87(92)81-77-73-69-65-61-57-53-49-22-20-18-16-14-12-10-8-6-4-2/h20,22-24,75,79,84-85,89-90H,3-19,21,25-74,76-78,80-83H2,1-2H3,(H,88,91)/b22-20-,24-23-,79-75+. The molecule has 0 heterocycles. The van der Waals surface area contributed by atoms with Crippen LogP contribution >= 0.6 is 0 Å². The monoisotopic (exact) mass is 1310 g/mol. The minimum atomic E-state index is -0.842. The summed E-state index contributed by atoms with van der Waals surface area (Å²) >= 11 is 0.